The average molecular weight is 443 g/mol. The molecule has 2 N–H and O–H groups in total. The summed E-state index contributed by atoms with van der Waals surface area (Å²) < 4.78 is 18.3. The van der Waals surface area contributed by atoms with Crippen molar-refractivity contribution in [2.24, 2.45) is 0 Å². The van der Waals surface area contributed by atoms with Crippen molar-refractivity contribution < 1.29 is 13.7 Å². The first-order valence-electron chi connectivity index (χ1n) is 10.2. The average Bonchev–Trinajstić information content (AvgIpc) is 3.51. The lowest BCUT2D eigenvalue weighted by Gasteiger charge is -2.10. The zero-order chi connectivity index (χ0) is 22.8. The van der Waals surface area contributed by atoms with Crippen LogP contribution in [0.2, 0.25) is 0 Å². The Labute approximate surface area is 187 Å². The van der Waals surface area contributed by atoms with Crippen LogP contribution in [-0.4, -0.2) is 36.0 Å². The number of rotatable bonds is 6. The Bertz CT molecular complexity index is 1430. The number of amides is 1. The van der Waals surface area contributed by atoms with Crippen molar-refractivity contribution in [3.63, 3.8) is 0 Å². The number of nitrogens with one attached hydrogen (secondary N) is 2. The van der Waals surface area contributed by atoms with E-state index in [2.05, 4.69) is 35.4 Å². The van der Waals surface area contributed by atoms with E-state index in [-0.39, 0.29) is 11.6 Å². The number of fused-ring (bicyclic) bond motifs is 1. The third-order valence-electron chi connectivity index (χ3n) is 5.12. The van der Waals surface area contributed by atoms with Gasteiger partial charge < -0.3 is 14.8 Å². The monoisotopic (exact) mass is 443 g/mol. The molecule has 1 amide bonds. The van der Waals surface area contributed by atoms with Crippen LogP contribution in [0.1, 0.15) is 34.8 Å². The Kier molecular flexibility index (Phi) is 5.31. The fourth-order valence-corrected chi connectivity index (χ4v) is 3.37. The van der Waals surface area contributed by atoms with Gasteiger partial charge in [0.2, 0.25) is 0 Å². The first kappa shape index (κ1) is 20.4. The van der Waals surface area contributed by atoms with Gasteiger partial charge in [-0.3, -0.25) is 9.78 Å². The summed E-state index contributed by atoms with van der Waals surface area (Å²) in [7, 11) is 0. The first-order chi connectivity index (χ1) is 16.1. The molecule has 4 heterocycles. The number of benzene rings is 1. The van der Waals surface area contributed by atoms with Crippen molar-refractivity contribution in [1.29, 1.82) is 0 Å². The lowest BCUT2D eigenvalue weighted by atomic mass is 10.1. The van der Waals surface area contributed by atoms with Crippen molar-refractivity contribution in [3.8, 4) is 22.8 Å². The molecule has 33 heavy (non-hydrogen) atoms. The number of alkyl halides is 1. The third kappa shape index (κ3) is 4.18. The molecule has 0 radical (unpaired) electrons. The third-order valence-corrected chi connectivity index (χ3v) is 5.12. The summed E-state index contributed by atoms with van der Waals surface area (Å²) >= 11 is 0. The molecular weight excluding hydrogens is 425 g/mol. The lowest BCUT2D eigenvalue weighted by Crippen LogP contribution is -2.27. The molecule has 5 aromatic rings. The molecule has 0 spiro atoms. The molecular formula is C23H18FN7O2. The van der Waals surface area contributed by atoms with Crippen LogP contribution in [0.25, 0.3) is 33.8 Å². The summed E-state index contributed by atoms with van der Waals surface area (Å²) in [5, 5.41) is 6.90. The molecule has 0 aliphatic carbocycles. The summed E-state index contributed by atoms with van der Waals surface area (Å²) in [5.41, 5.74) is 4.12. The van der Waals surface area contributed by atoms with Gasteiger partial charge in [0.1, 0.15) is 24.4 Å². The number of pyridine rings is 1. The van der Waals surface area contributed by atoms with Gasteiger partial charge in [-0.1, -0.05) is 11.2 Å². The topological polar surface area (TPSA) is 122 Å². The summed E-state index contributed by atoms with van der Waals surface area (Å²) in [6, 6.07) is 11.6. The van der Waals surface area contributed by atoms with Gasteiger partial charge in [0, 0.05) is 24.0 Å². The van der Waals surface area contributed by atoms with Crippen LogP contribution in [0.15, 0.2) is 65.7 Å². The zero-order valence-electron chi connectivity index (χ0n) is 17.5. The number of aromatic nitrogens is 6. The maximum atomic E-state index is 12.9. The lowest BCUT2D eigenvalue weighted by molar-refractivity contribution is 0.0928. The van der Waals surface area contributed by atoms with Gasteiger partial charge in [-0.25, -0.2) is 19.3 Å². The summed E-state index contributed by atoms with van der Waals surface area (Å²) in [4.78, 5) is 32.6. The van der Waals surface area contributed by atoms with Crippen molar-refractivity contribution in [2.45, 2.75) is 19.6 Å². The van der Waals surface area contributed by atoms with E-state index in [1.54, 1.807) is 61.8 Å². The highest BCUT2D eigenvalue weighted by Gasteiger charge is 2.19. The van der Waals surface area contributed by atoms with Crippen molar-refractivity contribution >= 4 is 16.9 Å². The summed E-state index contributed by atoms with van der Waals surface area (Å²) in [5.74, 6) is 0.569. The quantitative estimate of drug-likeness (QED) is 0.406. The zero-order valence-corrected chi connectivity index (χ0v) is 17.5. The minimum Gasteiger partial charge on any atom is -0.358 e. The van der Waals surface area contributed by atoms with Crippen molar-refractivity contribution in [3.05, 3.63) is 78.2 Å². The number of nitrogens with zero attached hydrogens (tertiary/aromatic N) is 5. The van der Waals surface area contributed by atoms with E-state index < -0.39 is 12.7 Å². The maximum absolute atomic E-state index is 12.9. The number of carbonyl (C=O) groups excluding carboxylic acids is 1. The highest BCUT2D eigenvalue weighted by atomic mass is 19.1. The standard InChI is InChI=1S/C23H18FN7O2/c1-13(28-23(32)20-9-17(26-12-27-20)15-4-6-25-7-5-15)21-10-19(31-33-21)22-29-16-3-2-14(11-24)8-18(16)30-22/h2-10,12-13H,11H2,1H3,(H,28,32)(H,29,30)/t13-/m0/s1. The van der Waals surface area contributed by atoms with Crippen LogP contribution in [0.5, 0.6) is 0 Å². The van der Waals surface area contributed by atoms with E-state index in [1.807, 2.05) is 0 Å². The summed E-state index contributed by atoms with van der Waals surface area (Å²) in [6.45, 7) is 1.23. The number of imidazole rings is 1. The minimum atomic E-state index is -0.550. The number of hydrogen-bond acceptors (Lipinski definition) is 7. The summed E-state index contributed by atoms with van der Waals surface area (Å²) in [6.07, 6.45) is 4.66. The SMILES string of the molecule is C[C@H](NC(=O)c1cc(-c2ccncc2)ncn1)c1cc(-c2nc3ccc(CF)cc3[nH]2)no1. The minimum absolute atomic E-state index is 0.226. The van der Waals surface area contributed by atoms with E-state index in [9.17, 15) is 9.18 Å². The predicted molar refractivity (Wildman–Crippen MR) is 118 cm³/mol. The van der Waals surface area contributed by atoms with Gasteiger partial charge >= 0.3 is 0 Å². The maximum Gasteiger partial charge on any atom is 0.270 e. The van der Waals surface area contributed by atoms with Gasteiger partial charge in [0.05, 0.1) is 22.8 Å². The largest absolute Gasteiger partial charge is 0.358 e. The molecule has 5 rings (SSSR count). The van der Waals surface area contributed by atoms with E-state index in [4.69, 9.17) is 4.52 Å². The fraction of sp³-hybridized carbons (Fsp3) is 0.130. The number of halogens is 1. The first-order valence-corrected chi connectivity index (χ1v) is 10.2. The van der Waals surface area contributed by atoms with Crippen LogP contribution in [0.3, 0.4) is 0 Å². The van der Waals surface area contributed by atoms with Crippen LogP contribution in [-0.2, 0) is 6.67 Å². The Morgan fingerprint density at radius 3 is 2.79 bits per heavy atom. The Balaban J connectivity index is 1.32. The molecule has 0 fully saturated rings. The Morgan fingerprint density at radius 2 is 1.97 bits per heavy atom. The molecule has 1 aromatic carbocycles. The number of aromatic amines is 1. The van der Waals surface area contributed by atoms with Crippen LogP contribution >= 0.6 is 0 Å². The molecule has 9 nitrogen and oxygen atoms in total. The predicted octanol–water partition coefficient (Wildman–Crippen LogP) is 4.03. The highest BCUT2D eigenvalue weighted by molar-refractivity contribution is 5.93. The second-order valence-electron chi connectivity index (χ2n) is 7.40. The molecule has 10 heteroatoms. The second-order valence-corrected chi connectivity index (χ2v) is 7.40. The molecule has 164 valence electrons. The molecule has 0 aliphatic heterocycles. The van der Waals surface area contributed by atoms with E-state index in [0.717, 1.165) is 5.56 Å². The van der Waals surface area contributed by atoms with Crippen molar-refractivity contribution in [1.82, 2.24) is 35.4 Å². The highest BCUT2D eigenvalue weighted by Crippen LogP contribution is 2.24. The Hall–Kier alpha value is -4.47. The molecule has 0 unspecified atom stereocenters. The van der Waals surface area contributed by atoms with Gasteiger partial charge in [-0.15, -0.1) is 0 Å². The molecule has 0 aliphatic rings. The van der Waals surface area contributed by atoms with Gasteiger partial charge in [0.15, 0.2) is 11.6 Å². The van der Waals surface area contributed by atoms with E-state index >= 15 is 0 Å². The molecule has 0 saturated carbocycles. The Morgan fingerprint density at radius 1 is 1.12 bits per heavy atom. The van der Waals surface area contributed by atoms with Gasteiger partial charge in [-0.2, -0.15) is 0 Å². The molecule has 1 atom stereocenters. The van der Waals surface area contributed by atoms with Crippen LogP contribution < -0.4 is 5.32 Å². The molecule has 4 aromatic heterocycles. The van der Waals surface area contributed by atoms with Crippen LogP contribution in [0.4, 0.5) is 4.39 Å². The number of hydrogen-bond donors (Lipinski definition) is 2. The van der Waals surface area contributed by atoms with E-state index in [0.29, 0.717) is 39.6 Å². The van der Waals surface area contributed by atoms with E-state index in [1.165, 1.54) is 6.33 Å². The van der Waals surface area contributed by atoms with Crippen molar-refractivity contribution in [2.75, 3.05) is 0 Å². The molecule has 0 saturated heterocycles. The fourth-order valence-electron chi connectivity index (χ4n) is 3.37. The number of carbonyl (C=O) groups is 1. The second kappa shape index (κ2) is 8.58. The van der Waals surface area contributed by atoms with Gasteiger partial charge in [-0.05, 0) is 42.8 Å². The smallest absolute Gasteiger partial charge is 0.270 e. The molecule has 0 bridgehead atoms. The van der Waals surface area contributed by atoms with Gasteiger partial charge in [0.25, 0.3) is 5.91 Å². The number of H-pyrrole nitrogens is 1. The normalized spacial score (nSPS) is 12.1. The van der Waals surface area contributed by atoms with Crippen LogP contribution in [0, 0.1) is 0 Å².